The summed E-state index contributed by atoms with van der Waals surface area (Å²) in [6.07, 6.45) is 2.10. The van der Waals surface area contributed by atoms with Gasteiger partial charge in [0.05, 0.1) is 37.2 Å². The topological polar surface area (TPSA) is 283 Å². The number of carbonyl (C=O) groups excluding carboxylic acids is 1. The van der Waals surface area contributed by atoms with Gasteiger partial charge in [-0.2, -0.15) is 0 Å². The Kier molecular flexibility index (Phi) is 21.4. The quantitative estimate of drug-likeness (QED) is 0.0425. The van der Waals surface area contributed by atoms with Gasteiger partial charge in [0.1, 0.15) is 24.9 Å². The largest absolute Gasteiger partial charge is 0.481 e. The fourth-order valence-corrected chi connectivity index (χ4v) is 6.97. The molecule has 1 amide bonds. The van der Waals surface area contributed by atoms with Gasteiger partial charge in [-0.25, -0.2) is 13.6 Å². The summed E-state index contributed by atoms with van der Waals surface area (Å²) >= 11 is 11.9. The highest BCUT2D eigenvalue weighted by molar-refractivity contribution is 6.31. The number of nitrogens with one attached hydrogen (secondary N) is 1. The first-order valence-corrected chi connectivity index (χ1v) is 21.4. The SMILES string of the molecule is C.COc1cc(C(=O)O)on1.COn1cc(C(=O)N[C@H](Cc2ccc(-c3cc(Cl)ccc3F)cc2)C[C@@](C)(CO)C(=O)O)nn1.C[C@@](CO)(C[C@H](N)Cc1ccc(-c2cc(Cl)ccc2F)cc1)C(=O)O. The molecule has 0 saturated carbocycles. The number of carbonyl (C=O) groups is 4. The maximum absolute atomic E-state index is 14.2. The van der Waals surface area contributed by atoms with Crippen LogP contribution in [0, 0.1) is 22.5 Å². The van der Waals surface area contributed by atoms with E-state index in [0.29, 0.717) is 38.7 Å². The molecule has 18 nitrogen and oxygen atoms in total. The maximum atomic E-state index is 14.2. The van der Waals surface area contributed by atoms with Crippen LogP contribution in [0.4, 0.5) is 8.78 Å². The highest BCUT2D eigenvalue weighted by atomic mass is 35.5. The van der Waals surface area contributed by atoms with E-state index in [2.05, 4.69) is 30.0 Å². The molecule has 2 heterocycles. The number of ether oxygens (including phenoxy) is 1. The molecule has 22 heteroatoms. The molecule has 4 aromatic carbocycles. The van der Waals surface area contributed by atoms with Crippen LogP contribution in [0.15, 0.2) is 102 Å². The molecule has 0 aliphatic heterocycles. The lowest BCUT2D eigenvalue weighted by atomic mass is 9.82. The smallest absolute Gasteiger partial charge is 0.374 e. The van der Waals surface area contributed by atoms with Crippen molar-refractivity contribution < 1.29 is 67.6 Å². The number of carboxylic acid groups (broad SMARTS) is 3. The highest BCUT2D eigenvalue weighted by Crippen LogP contribution is 2.30. The normalized spacial score (nSPS) is 13.2. The van der Waals surface area contributed by atoms with Crippen LogP contribution in [0.5, 0.6) is 5.88 Å². The van der Waals surface area contributed by atoms with Crippen LogP contribution in [0.1, 0.15) is 66.3 Å². The molecule has 0 aliphatic rings. The number of aromatic carboxylic acids is 1. The number of aliphatic hydroxyl groups is 2. The van der Waals surface area contributed by atoms with Crippen LogP contribution in [0.3, 0.4) is 0 Å². The van der Waals surface area contributed by atoms with E-state index < -0.39 is 65.8 Å². The minimum Gasteiger partial charge on any atom is -0.481 e. The number of nitrogens with two attached hydrogens (primary N) is 1. The lowest BCUT2D eigenvalue weighted by Crippen LogP contribution is -2.44. The van der Waals surface area contributed by atoms with Crippen molar-refractivity contribution >= 4 is 47.0 Å². The van der Waals surface area contributed by atoms with Crippen LogP contribution in [-0.2, 0) is 22.4 Å². The average Bonchev–Trinajstić information content (AvgIpc) is 4.03. The van der Waals surface area contributed by atoms with Crippen LogP contribution >= 0.6 is 23.2 Å². The fraction of sp³-hybridized carbons (Fsp3) is 0.312. The summed E-state index contributed by atoms with van der Waals surface area (Å²) in [5.41, 5.74) is 7.05. The number of aliphatic carboxylic acids is 2. The Balaban J connectivity index is 0.000000314. The molecule has 0 saturated heterocycles. The Bertz CT molecular complexity index is 2690. The monoisotopic (exact) mass is 1010 g/mol. The summed E-state index contributed by atoms with van der Waals surface area (Å²) in [5, 5.41) is 60.3. The highest BCUT2D eigenvalue weighted by Gasteiger charge is 2.37. The standard InChI is InChI=1S/C23H24ClFN4O5.C19H21ClFNO3.C5H5NO4.CH4/c1-23(13-30,22(32)33)11-17(26-21(31)20-12-29(34-2)28-27-20)9-14-3-5-15(6-4-14)18-10-16(24)7-8-19(18)25;1-19(11-23,18(24)25)10-15(22)8-12-2-4-13(5-3-12)16-9-14(20)6-7-17(16)21;1-9-4-2-3(5(7)8)10-6-4;/h3-8,10,12,17,30H,9,11,13H2,1-2H3,(H,26,31)(H,32,33);2-7,9,15,23H,8,10-11,22H2,1H3,(H,24,25);2H,1H3,(H,7,8);1H4/t17-,23+;15-,19+;;/m11../s1. The first-order chi connectivity index (χ1) is 32.6. The lowest BCUT2D eigenvalue weighted by molar-refractivity contribution is -0.152. The van der Waals surface area contributed by atoms with E-state index in [1.54, 1.807) is 42.5 Å². The molecule has 0 fully saturated rings. The van der Waals surface area contributed by atoms with Gasteiger partial charge in [-0.15, -0.1) is 5.10 Å². The second kappa shape index (κ2) is 26.1. The number of rotatable bonds is 19. The summed E-state index contributed by atoms with van der Waals surface area (Å²) in [5.74, 6) is -4.81. The van der Waals surface area contributed by atoms with Gasteiger partial charge in [0.25, 0.3) is 11.8 Å². The van der Waals surface area contributed by atoms with Gasteiger partial charge >= 0.3 is 17.9 Å². The summed E-state index contributed by atoms with van der Waals surface area (Å²) in [6, 6.07) is 22.9. The lowest BCUT2D eigenvalue weighted by Gasteiger charge is -2.28. The number of amides is 1. The minimum absolute atomic E-state index is 0. The van der Waals surface area contributed by atoms with Crippen LogP contribution in [-0.4, -0.2) is 109 Å². The number of nitrogens with zero attached hydrogens (tertiary/aromatic N) is 4. The molecule has 2 aromatic heterocycles. The van der Waals surface area contributed by atoms with E-state index in [9.17, 15) is 48.4 Å². The first-order valence-electron chi connectivity index (χ1n) is 20.7. The van der Waals surface area contributed by atoms with Gasteiger partial charge in [0.15, 0.2) is 5.69 Å². The zero-order valence-corrected chi connectivity index (χ0v) is 39.1. The third kappa shape index (κ3) is 16.1. The van der Waals surface area contributed by atoms with E-state index in [4.69, 9.17) is 38.9 Å². The van der Waals surface area contributed by atoms with Crippen molar-refractivity contribution in [2.45, 2.75) is 59.0 Å². The number of hydrogen-bond acceptors (Lipinski definition) is 13. The molecule has 0 aliphatic carbocycles. The van der Waals surface area contributed by atoms with E-state index in [0.717, 1.165) is 16.0 Å². The van der Waals surface area contributed by atoms with Crippen molar-refractivity contribution in [1.82, 2.24) is 25.6 Å². The Morgan fingerprint density at radius 3 is 1.66 bits per heavy atom. The maximum Gasteiger partial charge on any atom is 0.374 e. The summed E-state index contributed by atoms with van der Waals surface area (Å²) < 4.78 is 37.0. The Morgan fingerprint density at radius 2 is 1.26 bits per heavy atom. The van der Waals surface area contributed by atoms with Gasteiger partial charge in [-0.1, -0.05) is 84.0 Å². The molecule has 8 N–H and O–H groups in total. The number of benzene rings is 4. The zero-order valence-electron chi connectivity index (χ0n) is 37.6. The van der Waals surface area contributed by atoms with Gasteiger partial charge in [0, 0.05) is 33.3 Å². The second-order valence-corrected chi connectivity index (χ2v) is 17.0. The molecule has 4 atom stereocenters. The van der Waals surface area contributed by atoms with Gasteiger partial charge in [-0.3, -0.25) is 14.4 Å². The molecular formula is C48H54Cl2F2N6O12. The molecule has 0 radical (unpaired) electrons. The predicted octanol–water partition coefficient (Wildman–Crippen LogP) is 7.12. The van der Waals surface area contributed by atoms with E-state index in [1.807, 2.05) is 12.1 Å². The Labute approximate surface area is 411 Å². The number of carboxylic acids is 3. The van der Waals surface area contributed by atoms with Gasteiger partial charge in [-0.05, 0) is 109 Å². The predicted molar refractivity (Wildman–Crippen MR) is 254 cm³/mol. The average molecular weight is 1020 g/mol. The van der Waals surface area contributed by atoms with Crippen LogP contribution < -0.4 is 20.6 Å². The number of methoxy groups -OCH3 is 1. The minimum atomic E-state index is -1.48. The van der Waals surface area contributed by atoms with Gasteiger partial charge < -0.3 is 50.7 Å². The van der Waals surface area contributed by atoms with Crippen molar-refractivity contribution in [1.29, 1.82) is 0 Å². The van der Waals surface area contributed by atoms with Crippen molar-refractivity contribution in [3.8, 4) is 28.1 Å². The summed E-state index contributed by atoms with van der Waals surface area (Å²) in [4.78, 5) is 51.7. The van der Waals surface area contributed by atoms with Crippen molar-refractivity contribution in [3.05, 3.63) is 141 Å². The van der Waals surface area contributed by atoms with Crippen LogP contribution in [0.25, 0.3) is 22.3 Å². The number of hydrogen-bond donors (Lipinski definition) is 7. The molecule has 70 heavy (non-hydrogen) atoms. The Hall–Kier alpha value is -6.97. The number of halogens is 4. The molecule has 6 rings (SSSR count). The molecule has 0 unspecified atom stereocenters. The van der Waals surface area contributed by atoms with E-state index in [-0.39, 0.29) is 49.8 Å². The number of aromatic nitrogens is 4. The Morgan fingerprint density at radius 1 is 0.771 bits per heavy atom. The number of aliphatic hydroxyl groups excluding tert-OH is 2. The summed E-state index contributed by atoms with van der Waals surface area (Å²) in [7, 11) is 2.74. The molecule has 376 valence electrons. The summed E-state index contributed by atoms with van der Waals surface area (Å²) in [6.45, 7) is 1.80. The molecule has 6 aromatic rings. The first kappa shape index (κ1) is 57.3. The fourth-order valence-electron chi connectivity index (χ4n) is 6.63. The molecule has 0 spiro atoms. The van der Waals surface area contributed by atoms with Crippen molar-refractivity contribution in [3.63, 3.8) is 0 Å². The third-order valence-corrected chi connectivity index (χ3v) is 11.1. The second-order valence-electron chi connectivity index (χ2n) is 16.2. The molecular weight excluding hydrogens is 961 g/mol. The molecule has 0 bridgehead atoms. The zero-order chi connectivity index (χ0) is 51.1. The third-order valence-electron chi connectivity index (χ3n) is 10.6. The van der Waals surface area contributed by atoms with E-state index >= 15 is 0 Å². The van der Waals surface area contributed by atoms with Crippen LogP contribution in [0.2, 0.25) is 10.0 Å². The van der Waals surface area contributed by atoms with Crippen molar-refractivity contribution in [2.75, 3.05) is 27.4 Å². The van der Waals surface area contributed by atoms with Gasteiger partial charge in [0.2, 0.25) is 5.76 Å². The van der Waals surface area contributed by atoms with E-state index in [1.165, 1.54) is 70.7 Å². The van der Waals surface area contributed by atoms with Crippen molar-refractivity contribution in [2.24, 2.45) is 16.6 Å².